The van der Waals surface area contributed by atoms with E-state index in [0.717, 1.165) is 22.0 Å². The van der Waals surface area contributed by atoms with Gasteiger partial charge in [0.1, 0.15) is 12.2 Å². The van der Waals surface area contributed by atoms with Crippen molar-refractivity contribution in [3.63, 3.8) is 0 Å². The number of pyridine rings is 1. The lowest BCUT2D eigenvalue weighted by Gasteiger charge is -2.35. The van der Waals surface area contributed by atoms with E-state index >= 15 is 0 Å². The predicted molar refractivity (Wildman–Crippen MR) is 133 cm³/mol. The van der Waals surface area contributed by atoms with E-state index < -0.39 is 34.5 Å². The van der Waals surface area contributed by atoms with Gasteiger partial charge in [0.05, 0.1) is 10.4 Å². The van der Waals surface area contributed by atoms with Crippen molar-refractivity contribution in [2.24, 2.45) is 0 Å². The Hall–Kier alpha value is -3.24. The molecule has 1 fully saturated rings. The fourth-order valence-electron chi connectivity index (χ4n) is 5.04. The summed E-state index contributed by atoms with van der Waals surface area (Å²) in [4.78, 5) is 4.54. The largest absolute Gasteiger partial charge is 0.314 e. The summed E-state index contributed by atoms with van der Waals surface area (Å²) in [6.07, 6.45) is 3.02. The Balaban J connectivity index is 1.49. The molecule has 2 aromatic heterocycles. The van der Waals surface area contributed by atoms with Gasteiger partial charge in [-0.15, -0.1) is 10.2 Å². The van der Waals surface area contributed by atoms with Gasteiger partial charge in [0.2, 0.25) is 10.0 Å². The molecule has 0 radical (unpaired) electrons. The number of fused-ring (bicyclic) bond motifs is 1. The second kappa shape index (κ2) is 9.33. The third kappa shape index (κ3) is 4.87. The molecule has 7 nitrogen and oxygen atoms in total. The molecule has 5 rings (SSSR count). The molecule has 2 aromatic carbocycles. The zero-order valence-electron chi connectivity index (χ0n) is 20.0. The molecule has 0 spiro atoms. The number of halogens is 2. The Bertz CT molecular complexity index is 1510. The van der Waals surface area contributed by atoms with Gasteiger partial charge in [-0.3, -0.25) is 4.98 Å². The Kier molecular flexibility index (Phi) is 6.34. The van der Waals surface area contributed by atoms with Crippen LogP contribution in [-0.4, -0.2) is 40.1 Å². The van der Waals surface area contributed by atoms with Crippen LogP contribution >= 0.6 is 0 Å². The van der Waals surface area contributed by atoms with E-state index in [1.165, 1.54) is 6.33 Å². The molecule has 1 N–H and O–H groups in total. The van der Waals surface area contributed by atoms with Crippen molar-refractivity contribution in [1.82, 2.24) is 24.5 Å². The second-order valence-electron chi connectivity index (χ2n) is 9.36. The van der Waals surface area contributed by atoms with Crippen LogP contribution in [0.2, 0.25) is 0 Å². The minimum absolute atomic E-state index is 0.0516. The van der Waals surface area contributed by atoms with Gasteiger partial charge in [-0.2, -0.15) is 0 Å². The van der Waals surface area contributed by atoms with Crippen LogP contribution in [0.15, 0.2) is 66.0 Å². The lowest BCUT2D eigenvalue weighted by atomic mass is 9.88. The van der Waals surface area contributed by atoms with Gasteiger partial charge in [0.15, 0.2) is 0 Å². The van der Waals surface area contributed by atoms with Gasteiger partial charge in [0, 0.05) is 42.1 Å². The summed E-state index contributed by atoms with van der Waals surface area (Å²) in [6, 6.07) is 13.2. The first-order valence-electron chi connectivity index (χ1n) is 11.9. The van der Waals surface area contributed by atoms with Crippen molar-refractivity contribution in [2.75, 3.05) is 0 Å². The maximum Gasteiger partial charge on any atom is 0.251 e. The summed E-state index contributed by atoms with van der Waals surface area (Å²) in [5.41, 5.74) is 3.12. The van der Waals surface area contributed by atoms with Crippen molar-refractivity contribution in [1.29, 1.82) is 0 Å². The molecular weight excluding hydrogens is 484 g/mol. The first-order chi connectivity index (χ1) is 17.1. The van der Waals surface area contributed by atoms with Gasteiger partial charge in [0.25, 0.3) is 5.92 Å². The van der Waals surface area contributed by atoms with Gasteiger partial charge >= 0.3 is 0 Å². The van der Waals surface area contributed by atoms with E-state index in [0.29, 0.717) is 17.8 Å². The number of hydrogen-bond donors (Lipinski definition) is 1. The van der Waals surface area contributed by atoms with Crippen molar-refractivity contribution in [2.45, 2.75) is 62.4 Å². The van der Waals surface area contributed by atoms with Crippen molar-refractivity contribution < 1.29 is 17.2 Å². The van der Waals surface area contributed by atoms with Crippen LogP contribution < -0.4 is 4.72 Å². The number of aryl methyl sites for hydroxylation is 2. The lowest BCUT2D eigenvalue weighted by Crippen LogP contribution is -2.45. The maximum atomic E-state index is 14.7. The molecule has 4 aromatic rings. The smallest absolute Gasteiger partial charge is 0.251 e. The Morgan fingerprint density at radius 2 is 1.94 bits per heavy atom. The highest BCUT2D eigenvalue weighted by molar-refractivity contribution is 7.89. The van der Waals surface area contributed by atoms with Crippen LogP contribution in [0.25, 0.3) is 22.0 Å². The molecule has 1 aliphatic rings. The van der Waals surface area contributed by atoms with Crippen molar-refractivity contribution in [3.05, 3.63) is 72.4 Å². The second-order valence-corrected chi connectivity index (χ2v) is 11.1. The summed E-state index contributed by atoms with van der Waals surface area (Å²) in [5, 5.41) is 8.63. The van der Waals surface area contributed by atoms with Gasteiger partial charge in [-0.25, -0.2) is 21.9 Å². The fraction of sp³-hybridized carbons (Fsp3) is 0.346. The first kappa shape index (κ1) is 24.5. The summed E-state index contributed by atoms with van der Waals surface area (Å²) in [7, 11) is -4.07. The molecule has 0 amide bonds. The van der Waals surface area contributed by atoms with E-state index in [1.54, 1.807) is 29.8 Å². The van der Waals surface area contributed by atoms with Gasteiger partial charge < -0.3 is 4.57 Å². The molecule has 1 saturated carbocycles. The standard InChI is InChI=1S/C26H27F2N5O2S/c1-3-18-10-20(24-8-4-6-19-7-5-9-29-25(19)24)12-23(11-18)36(34,35)32-21-13-22(15-26(27,28)14-21)33-16-30-31-17(33)2/h4-12,16,21-22,32H,3,13-15H2,1-2H3. The number of para-hydroxylation sites is 1. The van der Waals surface area contributed by atoms with Gasteiger partial charge in [-0.05, 0) is 49.1 Å². The number of nitrogens with zero attached hydrogens (tertiary/aromatic N) is 4. The van der Waals surface area contributed by atoms with Crippen LogP contribution in [0, 0.1) is 6.92 Å². The maximum absolute atomic E-state index is 14.7. The average Bonchev–Trinajstić information content (AvgIpc) is 3.28. The van der Waals surface area contributed by atoms with Gasteiger partial charge in [-0.1, -0.05) is 37.3 Å². The van der Waals surface area contributed by atoms with Crippen LogP contribution in [-0.2, 0) is 16.4 Å². The summed E-state index contributed by atoms with van der Waals surface area (Å²) >= 11 is 0. The molecule has 2 heterocycles. The lowest BCUT2D eigenvalue weighted by molar-refractivity contribution is -0.0579. The average molecular weight is 512 g/mol. The van der Waals surface area contributed by atoms with E-state index in [-0.39, 0.29) is 17.7 Å². The number of nitrogens with one attached hydrogen (secondary N) is 1. The van der Waals surface area contributed by atoms with Crippen LogP contribution in [0.1, 0.15) is 43.6 Å². The number of rotatable bonds is 6. The normalized spacial score (nSPS) is 20.0. The highest BCUT2D eigenvalue weighted by Crippen LogP contribution is 2.40. The van der Waals surface area contributed by atoms with Crippen molar-refractivity contribution in [3.8, 4) is 11.1 Å². The van der Waals surface area contributed by atoms with Crippen LogP contribution in [0.5, 0.6) is 0 Å². The fourth-order valence-corrected chi connectivity index (χ4v) is 6.39. The monoisotopic (exact) mass is 511 g/mol. The minimum Gasteiger partial charge on any atom is -0.314 e. The van der Waals surface area contributed by atoms with Crippen molar-refractivity contribution >= 4 is 20.9 Å². The van der Waals surface area contributed by atoms with Crippen LogP contribution in [0.4, 0.5) is 8.78 Å². The molecule has 0 bridgehead atoms. The zero-order chi connectivity index (χ0) is 25.5. The Labute approximate surface area is 208 Å². The number of sulfonamides is 1. The molecule has 10 heteroatoms. The molecule has 2 atom stereocenters. The topological polar surface area (TPSA) is 89.8 Å². The number of benzene rings is 2. The zero-order valence-corrected chi connectivity index (χ0v) is 20.8. The summed E-state index contributed by atoms with van der Waals surface area (Å²) < 4.78 is 60.5. The Morgan fingerprint density at radius 1 is 1.14 bits per heavy atom. The third-order valence-corrected chi connectivity index (χ3v) is 8.23. The molecule has 0 saturated heterocycles. The minimum atomic E-state index is -4.07. The summed E-state index contributed by atoms with van der Waals surface area (Å²) in [6.45, 7) is 3.64. The Morgan fingerprint density at radius 3 is 2.69 bits per heavy atom. The van der Waals surface area contributed by atoms with Crippen LogP contribution in [0.3, 0.4) is 0 Å². The molecule has 2 unspecified atom stereocenters. The number of alkyl halides is 2. The van der Waals surface area contributed by atoms with E-state index in [9.17, 15) is 17.2 Å². The SMILES string of the molecule is CCc1cc(-c2cccc3cccnc23)cc(S(=O)(=O)NC2CC(n3cnnc3C)CC(F)(F)C2)c1. The first-order valence-corrected chi connectivity index (χ1v) is 13.4. The predicted octanol–water partition coefficient (Wildman–Crippen LogP) is 5.07. The number of aromatic nitrogens is 4. The molecule has 0 aliphatic heterocycles. The van der Waals surface area contributed by atoms with E-state index in [2.05, 4.69) is 19.9 Å². The highest BCUT2D eigenvalue weighted by Gasteiger charge is 2.43. The molecule has 36 heavy (non-hydrogen) atoms. The number of hydrogen-bond acceptors (Lipinski definition) is 5. The third-order valence-electron chi connectivity index (χ3n) is 6.73. The molecule has 1 aliphatic carbocycles. The quantitative estimate of drug-likeness (QED) is 0.390. The molecular formula is C26H27F2N5O2S. The summed E-state index contributed by atoms with van der Waals surface area (Å²) in [5.74, 6) is -2.50. The van der Waals surface area contributed by atoms with E-state index in [1.807, 2.05) is 43.3 Å². The molecule has 188 valence electrons. The highest BCUT2D eigenvalue weighted by atomic mass is 32.2. The van der Waals surface area contributed by atoms with E-state index in [4.69, 9.17) is 0 Å².